The van der Waals surface area contributed by atoms with Crippen molar-refractivity contribution in [3.8, 4) is 11.3 Å². The number of hydrogen-bond acceptors (Lipinski definition) is 3. The molecule has 3 aromatic rings. The minimum Gasteiger partial charge on any atom is -0.298 e. The first-order chi connectivity index (χ1) is 11.4. The first-order valence-electron chi connectivity index (χ1n) is 6.61. The van der Waals surface area contributed by atoms with Crippen LogP contribution in [0.1, 0.15) is 10.4 Å². The Kier molecular flexibility index (Phi) is 4.80. The molecule has 1 amide bonds. The molecule has 0 radical (unpaired) electrons. The van der Waals surface area contributed by atoms with Crippen LogP contribution < -0.4 is 5.32 Å². The molecule has 0 unspecified atom stereocenters. The zero-order valence-electron chi connectivity index (χ0n) is 11.8. The summed E-state index contributed by atoms with van der Waals surface area (Å²) in [6.45, 7) is 0. The lowest BCUT2D eigenvalue weighted by Crippen LogP contribution is -2.12. The van der Waals surface area contributed by atoms with E-state index in [1.54, 1.807) is 17.5 Å². The second-order valence-electron chi connectivity index (χ2n) is 4.75. The highest BCUT2D eigenvalue weighted by molar-refractivity contribution is 7.14. The summed E-state index contributed by atoms with van der Waals surface area (Å²) in [5.41, 5.74) is 1.25. The molecular formula is C16H8Cl2F2N2OS. The van der Waals surface area contributed by atoms with Gasteiger partial charge in [-0.05, 0) is 36.4 Å². The van der Waals surface area contributed by atoms with Crippen molar-refractivity contribution in [3.05, 3.63) is 69.0 Å². The van der Waals surface area contributed by atoms with E-state index in [0.29, 0.717) is 16.4 Å². The molecule has 1 aromatic heterocycles. The fourth-order valence-corrected chi connectivity index (χ4v) is 3.13. The third kappa shape index (κ3) is 3.56. The molecule has 2 aromatic carbocycles. The Hall–Kier alpha value is -2.02. The molecule has 0 aliphatic carbocycles. The van der Waals surface area contributed by atoms with E-state index < -0.39 is 11.7 Å². The van der Waals surface area contributed by atoms with Crippen LogP contribution in [0.2, 0.25) is 10.0 Å². The zero-order chi connectivity index (χ0) is 17.3. The van der Waals surface area contributed by atoms with Gasteiger partial charge in [0.05, 0.1) is 21.3 Å². The summed E-state index contributed by atoms with van der Waals surface area (Å²) in [5.74, 6) is -1.69. The van der Waals surface area contributed by atoms with E-state index in [1.165, 1.54) is 29.5 Å². The largest absolute Gasteiger partial charge is 0.298 e. The van der Waals surface area contributed by atoms with Crippen LogP contribution in [0.4, 0.5) is 13.9 Å². The number of benzene rings is 2. The highest BCUT2D eigenvalue weighted by Crippen LogP contribution is 2.28. The zero-order valence-corrected chi connectivity index (χ0v) is 14.1. The summed E-state index contributed by atoms with van der Waals surface area (Å²) in [6, 6.07) is 7.95. The molecule has 0 spiro atoms. The minimum atomic E-state index is -0.739. The van der Waals surface area contributed by atoms with E-state index in [1.807, 2.05) is 0 Å². The maximum atomic E-state index is 13.5. The van der Waals surface area contributed by atoms with Crippen LogP contribution in [0.5, 0.6) is 0 Å². The third-order valence-corrected chi connectivity index (χ3v) is 4.48. The molecule has 0 saturated heterocycles. The Morgan fingerprint density at radius 2 is 1.79 bits per heavy atom. The number of anilines is 1. The molecule has 3 rings (SSSR count). The van der Waals surface area contributed by atoms with Crippen molar-refractivity contribution < 1.29 is 13.6 Å². The van der Waals surface area contributed by atoms with E-state index in [2.05, 4.69) is 10.3 Å². The van der Waals surface area contributed by atoms with Gasteiger partial charge in [-0.25, -0.2) is 13.8 Å². The molecule has 1 N–H and O–H groups in total. The minimum absolute atomic E-state index is 0.0363. The van der Waals surface area contributed by atoms with Gasteiger partial charge in [-0.2, -0.15) is 0 Å². The van der Waals surface area contributed by atoms with Crippen molar-refractivity contribution in [1.29, 1.82) is 0 Å². The van der Waals surface area contributed by atoms with E-state index in [-0.39, 0.29) is 21.4 Å². The van der Waals surface area contributed by atoms with Crippen LogP contribution in [-0.2, 0) is 0 Å². The first-order valence-corrected chi connectivity index (χ1v) is 8.25. The summed E-state index contributed by atoms with van der Waals surface area (Å²) >= 11 is 12.7. The van der Waals surface area contributed by atoms with Crippen LogP contribution in [0, 0.1) is 11.6 Å². The average molecular weight is 385 g/mol. The lowest BCUT2D eigenvalue weighted by molar-refractivity contribution is 0.102. The summed E-state index contributed by atoms with van der Waals surface area (Å²) in [5, 5.41) is 4.45. The predicted molar refractivity (Wildman–Crippen MR) is 91.9 cm³/mol. The van der Waals surface area contributed by atoms with Gasteiger partial charge in [0.25, 0.3) is 5.91 Å². The fourth-order valence-electron chi connectivity index (χ4n) is 1.95. The van der Waals surface area contributed by atoms with Gasteiger partial charge in [-0.15, -0.1) is 11.3 Å². The van der Waals surface area contributed by atoms with E-state index in [9.17, 15) is 13.6 Å². The van der Waals surface area contributed by atoms with Crippen LogP contribution in [0.25, 0.3) is 11.3 Å². The summed E-state index contributed by atoms with van der Waals surface area (Å²) < 4.78 is 26.4. The van der Waals surface area contributed by atoms with Gasteiger partial charge in [0.2, 0.25) is 0 Å². The molecule has 122 valence electrons. The van der Waals surface area contributed by atoms with Gasteiger partial charge in [-0.1, -0.05) is 23.2 Å². The molecule has 0 aliphatic heterocycles. The summed E-state index contributed by atoms with van der Waals surface area (Å²) in [4.78, 5) is 16.4. The van der Waals surface area contributed by atoms with E-state index >= 15 is 0 Å². The monoisotopic (exact) mass is 384 g/mol. The Labute approximate surface area is 149 Å². The van der Waals surface area contributed by atoms with Gasteiger partial charge in [-0.3, -0.25) is 10.1 Å². The quantitative estimate of drug-likeness (QED) is 0.593. The predicted octanol–water partition coefficient (Wildman–Crippen LogP) is 5.65. The van der Waals surface area contributed by atoms with Crippen molar-refractivity contribution in [2.75, 3.05) is 5.32 Å². The molecule has 0 atom stereocenters. The number of carbonyl (C=O) groups excluding carboxylic acids is 1. The number of hydrogen-bond donors (Lipinski definition) is 1. The Morgan fingerprint density at radius 1 is 1.08 bits per heavy atom. The molecule has 0 aliphatic rings. The van der Waals surface area contributed by atoms with Gasteiger partial charge in [0.1, 0.15) is 11.6 Å². The summed E-state index contributed by atoms with van der Waals surface area (Å²) in [6.07, 6.45) is 0. The van der Waals surface area contributed by atoms with E-state index in [0.717, 1.165) is 6.07 Å². The molecule has 0 saturated carbocycles. The maximum absolute atomic E-state index is 13.5. The number of thiazole rings is 1. The van der Waals surface area contributed by atoms with Crippen molar-refractivity contribution in [3.63, 3.8) is 0 Å². The van der Waals surface area contributed by atoms with Crippen molar-refractivity contribution in [2.45, 2.75) is 0 Å². The van der Waals surface area contributed by atoms with Crippen LogP contribution in [-0.4, -0.2) is 10.9 Å². The lowest BCUT2D eigenvalue weighted by Gasteiger charge is -2.05. The van der Waals surface area contributed by atoms with Crippen LogP contribution >= 0.6 is 34.5 Å². The molecule has 8 heteroatoms. The molecule has 24 heavy (non-hydrogen) atoms. The number of aromatic nitrogens is 1. The Bertz CT molecular complexity index is 913. The van der Waals surface area contributed by atoms with Crippen molar-refractivity contribution in [2.24, 2.45) is 0 Å². The number of rotatable bonds is 3. The topological polar surface area (TPSA) is 42.0 Å². The van der Waals surface area contributed by atoms with Crippen LogP contribution in [0.15, 0.2) is 41.8 Å². The number of nitrogens with one attached hydrogen (secondary N) is 1. The summed E-state index contributed by atoms with van der Waals surface area (Å²) in [7, 11) is 0. The highest BCUT2D eigenvalue weighted by atomic mass is 35.5. The van der Waals surface area contributed by atoms with Crippen molar-refractivity contribution >= 4 is 45.6 Å². The number of nitrogens with zero attached hydrogens (tertiary/aromatic N) is 1. The first kappa shape index (κ1) is 16.8. The van der Waals surface area contributed by atoms with Gasteiger partial charge < -0.3 is 0 Å². The molecule has 0 fully saturated rings. The molecular weight excluding hydrogens is 377 g/mol. The van der Waals surface area contributed by atoms with Gasteiger partial charge >= 0.3 is 0 Å². The van der Waals surface area contributed by atoms with Crippen LogP contribution in [0.3, 0.4) is 0 Å². The standard InChI is InChI=1S/C16H8Cl2F2N2OS/c17-11-6-12(18)13(20)5-10(11)15(23)22-16-21-14(7-24-16)8-1-3-9(19)4-2-8/h1-7H,(H,21,22,23). The Morgan fingerprint density at radius 3 is 2.50 bits per heavy atom. The second kappa shape index (κ2) is 6.84. The highest BCUT2D eigenvalue weighted by Gasteiger charge is 2.16. The number of halogens is 4. The lowest BCUT2D eigenvalue weighted by atomic mass is 10.2. The molecule has 0 bridgehead atoms. The fraction of sp³-hybridized carbons (Fsp3) is 0. The number of carbonyl (C=O) groups is 1. The maximum Gasteiger partial charge on any atom is 0.259 e. The third-order valence-electron chi connectivity index (χ3n) is 3.12. The second-order valence-corrected chi connectivity index (χ2v) is 6.42. The number of amides is 1. The normalized spacial score (nSPS) is 10.7. The van der Waals surface area contributed by atoms with E-state index in [4.69, 9.17) is 23.2 Å². The molecule has 3 nitrogen and oxygen atoms in total. The van der Waals surface area contributed by atoms with Gasteiger partial charge in [0.15, 0.2) is 5.13 Å². The van der Waals surface area contributed by atoms with Crippen molar-refractivity contribution in [1.82, 2.24) is 4.98 Å². The molecule has 1 heterocycles. The smallest absolute Gasteiger partial charge is 0.259 e. The average Bonchev–Trinajstić information content (AvgIpc) is 3.00. The van der Waals surface area contributed by atoms with Gasteiger partial charge in [0, 0.05) is 10.9 Å². The Balaban J connectivity index is 1.81. The SMILES string of the molecule is O=C(Nc1nc(-c2ccc(F)cc2)cs1)c1cc(F)c(Cl)cc1Cl.